The minimum atomic E-state index is -0.219. The van der Waals surface area contributed by atoms with Gasteiger partial charge in [0, 0.05) is 7.05 Å². The van der Waals surface area contributed by atoms with Gasteiger partial charge in [-0.2, -0.15) is 0 Å². The normalized spacial score (nSPS) is 9.46. The van der Waals surface area contributed by atoms with Gasteiger partial charge in [-0.25, -0.2) is 0 Å². The van der Waals surface area contributed by atoms with E-state index in [2.05, 4.69) is 5.32 Å². The zero-order chi connectivity index (χ0) is 9.84. The molecule has 3 nitrogen and oxygen atoms in total. The summed E-state index contributed by atoms with van der Waals surface area (Å²) in [4.78, 5) is 11.3. The molecule has 0 unspecified atom stereocenters. The van der Waals surface area contributed by atoms with Crippen molar-refractivity contribution in [3.63, 3.8) is 0 Å². The average Bonchev–Trinajstić information content (AvgIpc) is 2.17. The van der Waals surface area contributed by atoms with E-state index in [1.54, 1.807) is 25.2 Å². The average molecular weight is 200 g/mol. The maximum atomic E-state index is 11.3. The van der Waals surface area contributed by atoms with Crippen molar-refractivity contribution in [3.8, 4) is 5.75 Å². The minimum Gasteiger partial charge on any atom is -0.495 e. The van der Waals surface area contributed by atoms with E-state index in [0.717, 1.165) is 0 Å². The van der Waals surface area contributed by atoms with Gasteiger partial charge in [-0.3, -0.25) is 4.79 Å². The number of hydrogen-bond donors (Lipinski definition) is 1. The number of methoxy groups -OCH3 is 1. The number of rotatable bonds is 2. The molecule has 0 aliphatic heterocycles. The van der Waals surface area contributed by atoms with Crippen LogP contribution in [-0.4, -0.2) is 20.1 Å². The van der Waals surface area contributed by atoms with E-state index in [1.165, 1.54) is 7.11 Å². The van der Waals surface area contributed by atoms with Crippen molar-refractivity contribution in [2.75, 3.05) is 14.2 Å². The third-order valence-electron chi connectivity index (χ3n) is 1.65. The number of ether oxygens (including phenoxy) is 1. The first-order valence-electron chi connectivity index (χ1n) is 3.75. The quantitative estimate of drug-likeness (QED) is 0.788. The monoisotopic (exact) mass is 199 g/mol. The highest BCUT2D eigenvalue weighted by atomic mass is 35.5. The summed E-state index contributed by atoms with van der Waals surface area (Å²) in [6.45, 7) is 0. The molecule has 0 bridgehead atoms. The van der Waals surface area contributed by atoms with E-state index in [0.29, 0.717) is 16.3 Å². The molecular weight excluding hydrogens is 190 g/mol. The van der Waals surface area contributed by atoms with Crippen LogP contribution in [0, 0.1) is 0 Å². The second kappa shape index (κ2) is 4.14. The Morgan fingerprint density at radius 1 is 1.54 bits per heavy atom. The summed E-state index contributed by atoms with van der Waals surface area (Å²) in [5.74, 6) is 0.284. The number of carbonyl (C=O) groups is 1. The molecule has 0 heterocycles. The number of carbonyl (C=O) groups excluding carboxylic acids is 1. The van der Waals surface area contributed by atoms with Gasteiger partial charge < -0.3 is 10.1 Å². The summed E-state index contributed by atoms with van der Waals surface area (Å²) >= 11 is 5.90. The zero-order valence-electron chi connectivity index (χ0n) is 7.43. The zero-order valence-corrected chi connectivity index (χ0v) is 8.18. The molecule has 70 valence electrons. The molecule has 1 aromatic carbocycles. The third-order valence-corrected chi connectivity index (χ3v) is 2.04. The van der Waals surface area contributed by atoms with Gasteiger partial charge in [-0.05, 0) is 12.1 Å². The Bertz CT molecular complexity index is 325. The fourth-order valence-corrected chi connectivity index (χ4v) is 1.27. The molecular formula is C9H10ClNO2. The molecule has 0 saturated heterocycles. The van der Waals surface area contributed by atoms with E-state index < -0.39 is 0 Å². The van der Waals surface area contributed by atoms with Gasteiger partial charge in [0.25, 0.3) is 5.91 Å². The van der Waals surface area contributed by atoms with Crippen LogP contribution in [0.3, 0.4) is 0 Å². The van der Waals surface area contributed by atoms with Crippen molar-refractivity contribution >= 4 is 17.5 Å². The highest BCUT2D eigenvalue weighted by molar-refractivity contribution is 6.35. The number of amides is 1. The topological polar surface area (TPSA) is 38.3 Å². The van der Waals surface area contributed by atoms with Crippen molar-refractivity contribution < 1.29 is 9.53 Å². The van der Waals surface area contributed by atoms with Crippen LogP contribution in [-0.2, 0) is 0 Å². The molecule has 0 aliphatic rings. The van der Waals surface area contributed by atoms with Gasteiger partial charge in [-0.1, -0.05) is 17.7 Å². The Morgan fingerprint density at radius 2 is 2.23 bits per heavy atom. The summed E-state index contributed by atoms with van der Waals surface area (Å²) in [7, 11) is 3.06. The number of benzene rings is 1. The lowest BCUT2D eigenvalue weighted by atomic mass is 10.2. The van der Waals surface area contributed by atoms with Crippen molar-refractivity contribution in [3.05, 3.63) is 28.8 Å². The third kappa shape index (κ3) is 1.92. The van der Waals surface area contributed by atoms with Crippen LogP contribution in [0.2, 0.25) is 5.02 Å². The van der Waals surface area contributed by atoms with E-state index in [9.17, 15) is 4.79 Å². The van der Waals surface area contributed by atoms with E-state index >= 15 is 0 Å². The van der Waals surface area contributed by atoms with Gasteiger partial charge in [0.05, 0.1) is 17.7 Å². The van der Waals surface area contributed by atoms with E-state index in [1.807, 2.05) is 0 Å². The SMILES string of the molecule is CNC(=O)c1cccc(OC)c1Cl. The lowest BCUT2D eigenvalue weighted by Crippen LogP contribution is -2.18. The molecule has 1 amide bonds. The fourth-order valence-electron chi connectivity index (χ4n) is 0.978. The first-order valence-corrected chi connectivity index (χ1v) is 4.13. The van der Waals surface area contributed by atoms with Gasteiger partial charge in [-0.15, -0.1) is 0 Å². The van der Waals surface area contributed by atoms with Crippen LogP contribution in [0.5, 0.6) is 5.75 Å². The van der Waals surface area contributed by atoms with Gasteiger partial charge >= 0.3 is 0 Å². The van der Waals surface area contributed by atoms with Crippen molar-refractivity contribution in [2.45, 2.75) is 0 Å². The Morgan fingerprint density at radius 3 is 2.77 bits per heavy atom. The Hall–Kier alpha value is -1.22. The first-order chi connectivity index (χ1) is 6.20. The molecule has 0 aromatic heterocycles. The maximum absolute atomic E-state index is 11.3. The largest absolute Gasteiger partial charge is 0.495 e. The Labute approximate surface area is 81.7 Å². The first kappa shape index (κ1) is 9.86. The molecule has 4 heteroatoms. The van der Waals surface area contributed by atoms with Crippen molar-refractivity contribution in [1.82, 2.24) is 5.32 Å². The van der Waals surface area contributed by atoms with Crippen molar-refractivity contribution in [1.29, 1.82) is 0 Å². The maximum Gasteiger partial charge on any atom is 0.252 e. The summed E-state index contributed by atoms with van der Waals surface area (Å²) in [5.41, 5.74) is 0.420. The summed E-state index contributed by atoms with van der Waals surface area (Å²) in [5, 5.41) is 2.83. The van der Waals surface area contributed by atoms with Crippen LogP contribution in [0.15, 0.2) is 18.2 Å². The standard InChI is InChI=1S/C9H10ClNO2/c1-11-9(12)6-4-3-5-7(13-2)8(6)10/h3-5H,1-2H3,(H,11,12). The summed E-state index contributed by atoms with van der Waals surface area (Å²) < 4.78 is 4.97. The van der Waals surface area contributed by atoms with E-state index in [4.69, 9.17) is 16.3 Å². The molecule has 13 heavy (non-hydrogen) atoms. The minimum absolute atomic E-state index is 0.219. The predicted octanol–water partition coefficient (Wildman–Crippen LogP) is 1.71. The summed E-state index contributed by atoms with van der Waals surface area (Å²) in [6.07, 6.45) is 0. The molecule has 0 saturated carbocycles. The summed E-state index contributed by atoms with van der Waals surface area (Å²) in [6, 6.07) is 5.06. The highest BCUT2D eigenvalue weighted by Gasteiger charge is 2.11. The van der Waals surface area contributed by atoms with Crippen LogP contribution in [0.1, 0.15) is 10.4 Å². The molecule has 0 radical (unpaired) electrons. The lowest BCUT2D eigenvalue weighted by Gasteiger charge is -2.06. The van der Waals surface area contributed by atoms with Gasteiger partial charge in [0.15, 0.2) is 0 Å². The molecule has 1 N–H and O–H groups in total. The second-order valence-corrected chi connectivity index (χ2v) is 2.78. The Balaban J connectivity index is 3.15. The van der Waals surface area contributed by atoms with Gasteiger partial charge in [0.1, 0.15) is 5.75 Å². The molecule has 0 atom stereocenters. The number of halogens is 1. The fraction of sp³-hybridized carbons (Fsp3) is 0.222. The molecule has 1 rings (SSSR count). The molecule has 0 fully saturated rings. The number of nitrogens with one attached hydrogen (secondary N) is 1. The molecule has 0 spiro atoms. The van der Waals surface area contributed by atoms with Gasteiger partial charge in [0.2, 0.25) is 0 Å². The smallest absolute Gasteiger partial charge is 0.252 e. The van der Waals surface area contributed by atoms with Crippen molar-refractivity contribution in [2.24, 2.45) is 0 Å². The Kier molecular flexibility index (Phi) is 3.14. The second-order valence-electron chi connectivity index (χ2n) is 2.40. The molecule has 0 aliphatic carbocycles. The molecule has 1 aromatic rings. The van der Waals surface area contributed by atoms with E-state index in [-0.39, 0.29) is 5.91 Å². The highest BCUT2D eigenvalue weighted by Crippen LogP contribution is 2.27. The van der Waals surface area contributed by atoms with Crippen LogP contribution < -0.4 is 10.1 Å². The van der Waals surface area contributed by atoms with Crippen LogP contribution >= 0.6 is 11.6 Å². The predicted molar refractivity (Wildman–Crippen MR) is 51.4 cm³/mol. The number of hydrogen-bond acceptors (Lipinski definition) is 2. The van der Waals surface area contributed by atoms with Crippen LogP contribution in [0.25, 0.3) is 0 Å². The van der Waals surface area contributed by atoms with Crippen LogP contribution in [0.4, 0.5) is 0 Å². The lowest BCUT2D eigenvalue weighted by molar-refractivity contribution is 0.0963.